The van der Waals surface area contributed by atoms with E-state index in [0.29, 0.717) is 37.2 Å². The summed E-state index contributed by atoms with van der Waals surface area (Å²) in [5.41, 5.74) is 0.819. The van der Waals surface area contributed by atoms with E-state index < -0.39 is 34.2 Å². The highest BCUT2D eigenvalue weighted by molar-refractivity contribution is 7.91. The number of carboxylic acid groups (broad SMARTS) is 1. The quantitative estimate of drug-likeness (QED) is 0.176. The van der Waals surface area contributed by atoms with Crippen molar-refractivity contribution < 1.29 is 42.1 Å². The number of unbranched alkanes of at least 4 members (excludes halogenated alkanes) is 1. The Kier molecular flexibility index (Phi) is 10.2. The summed E-state index contributed by atoms with van der Waals surface area (Å²) in [6.07, 6.45) is -1.06. The van der Waals surface area contributed by atoms with E-state index in [1.54, 1.807) is 30.3 Å². The average molecular weight is 550 g/mol. The minimum atomic E-state index is -3.70. The van der Waals surface area contributed by atoms with Gasteiger partial charge in [-0.15, -0.1) is 0 Å². The maximum Gasteiger partial charge on any atom is 0.514 e. The fourth-order valence-corrected chi connectivity index (χ4v) is 5.49. The molecule has 38 heavy (non-hydrogen) atoms. The number of sulfone groups is 1. The molecule has 3 rings (SSSR count). The van der Waals surface area contributed by atoms with Crippen molar-refractivity contribution in [3.63, 3.8) is 0 Å². The molecule has 0 bridgehead atoms. The average Bonchev–Trinajstić information content (AvgIpc) is 3.35. The van der Waals surface area contributed by atoms with Crippen molar-refractivity contribution in [3.8, 4) is 11.5 Å². The first-order valence-corrected chi connectivity index (χ1v) is 13.8. The fraction of sp³-hybridized carbons (Fsp3) is 0.400. The number of alkyl carbamates (subject to hydrolysis) is 1. The van der Waals surface area contributed by atoms with Crippen molar-refractivity contribution in [2.75, 3.05) is 19.1 Å². The maximum absolute atomic E-state index is 13.0. The zero-order chi connectivity index (χ0) is 27.5. The van der Waals surface area contributed by atoms with Crippen LogP contribution in [0.3, 0.4) is 0 Å². The second kappa shape index (κ2) is 13.5. The normalized spacial score (nSPS) is 13.7. The van der Waals surface area contributed by atoms with E-state index in [1.807, 2.05) is 13.0 Å². The van der Waals surface area contributed by atoms with E-state index in [0.717, 1.165) is 5.56 Å². The predicted octanol–water partition coefficient (Wildman–Crippen LogP) is 3.58. The monoisotopic (exact) mass is 549 g/mol. The second-order valence-electron chi connectivity index (χ2n) is 8.56. The van der Waals surface area contributed by atoms with Crippen LogP contribution in [0.4, 0.5) is 14.4 Å². The summed E-state index contributed by atoms with van der Waals surface area (Å²) in [7, 11) is -3.70. The van der Waals surface area contributed by atoms with Gasteiger partial charge < -0.3 is 35.3 Å². The summed E-state index contributed by atoms with van der Waals surface area (Å²) in [5.74, 6) is 0.903. The molecule has 1 aliphatic heterocycles. The van der Waals surface area contributed by atoms with E-state index >= 15 is 0 Å². The first-order chi connectivity index (χ1) is 18.2. The third-order valence-corrected chi connectivity index (χ3v) is 7.63. The zero-order valence-corrected chi connectivity index (χ0v) is 21.7. The molecule has 1 heterocycles. The number of fused-ring (bicyclic) bond motifs is 1. The second-order valence-corrected chi connectivity index (χ2v) is 10.6. The van der Waals surface area contributed by atoms with Crippen molar-refractivity contribution in [1.29, 1.82) is 0 Å². The third kappa shape index (κ3) is 8.54. The lowest BCUT2D eigenvalue weighted by Crippen LogP contribution is -2.46. The first kappa shape index (κ1) is 28.6. The SMILES string of the molecule is CC[C@H](NC(=O)N[C@@H](CCCCNC(=O)OC(=O)O)CS(=O)(=O)c1ccccc1)c1ccc2c(c1)OCO2. The van der Waals surface area contributed by atoms with Gasteiger partial charge in [0.2, 0.25) is 6.79 Å². The number of rotatable bonds is 12. The molecule has 12 nitrogen and oxygen atoms in total. The van der Waals surface area contributed by atoms with Gasteiger partial charge in [0.25, 0.3) is 0 Å². The molecule has 0 saturated heterocycles. The Balaban J connectivity index is 1.62. The lowest BCUT2D eigenvalue weighted by Gasteiger charge is -2.23. The summed E-state index contributed by atoms with van der Waals surface area (Å²) in [5, 5.41) is 16.4. The molecule has 0 aliphatic carbocycles. The highest BCUT2D eigenvalue weighted by Gasteiger charge is 2.24. The molecule has 0 radical (unpaired) electrons. The topological polar surface area (TPSA) is 169 Å². The van der Waals surface area contributed by atoms with Crippen LogP contribution in [0.5, 0.6) is 11.5 Å². The van der Waals surface area contributed by atoms with Crippen molar-refractivity contribution in [2.45, 2.75) is 49.6 Å². The summed E-state index contributed by atoms with van der Waals surface area (Å²) in [6.45, 7) is 2.17. The number of nitrogens with one attached hydrogen (secondary N) is 3. The Bertz CT molecular complexity index is 1220. The molecule has 2 atom stereocenters. The number of carbonyl (C=O) groups excluding carboxylic acids is 2. The molecule has 4 N–H and O–H groups in total. The van der Waals surface area contributed by atoms with Crippen molar-refractivity contribution in [2.24, 2.45) is 0 Å². The molecule has 3 amide bonds. The Morgan fingerprint density at radius 2 is 1.76 bits per heavy atom. The minimum absolute atomic E-state index is 0.123. The lowest BCUT2D eigenvalue weighted by atomic mass is 10.0. The van der Waals surface area contributed by atoms with E-state index in [4.69, 9.17) is 14.6 Å². The molecule has 0 aromatic heterocycles. The van der Waals surface area contributed by atoms with Gasteiger partial charge in [-0.1, -0.05) is 31.2 Å². The highest BCUT2D eigenvalue weighted by Crippen LogP contribution is 2.34. The number of benzene rings is 2. The fourth-order valence-electron chi connectivity index (χ4n) is 3.94. The molecule has 206 valence electrons. The van der Waals surface area contributed by atoms with Gasteiger partial charge in [-0.25, -0.2) is 22.8 Å². The van der Waals surface area contributed by atoms with Crippen molar-refractivity contribution in [3.05, 3.63) is 54.1 Å². The molecule has 0 saturated carbocycles. The first-order valence-electron chi connectivity index (χ1n) is 12.1. The summed E-state index contributed by atoms with van der Waals surface area (Å²) >= 11 is 0. The number of amides is 3. The minimum Gasteiger partial charge on any atom is -0.454 e. The molecule has 1 aliphatic rings. The van der Waals surface area contributed by atoms with Gasteiger partial charge in [-0.05, 0) is 55.5 Å². The number of urea groups is 1. The molecule has 0 unspecified atom stereocenters. The number of hydrogen-bond acceptors (Lipinski definition) is 8. The van der Waals surface area contributed by atoms with Crippen LogP contribution in [0.1, 0.15) is 44.2 Å². The molecule has 2 aromatic carbocycles. The molecule has 13 heteroatoms. The van der Waals surface area contributed by atoms with E-state index in [2.05, 4.69) is 20.7 Å². The van der Waals surface area contributed by atoms with Crippen molar-refractivity contribution in [1.82, 2.24) is 16.0 Å². The van der Waals surface area contributed by atoms with Gasteiger partial charge in [0.15, 0.2) is 21.3 Å². The molecular weight excluding hydrogens is 518 g/mol. The van der Waals surface area contributed by atoms with Gasteiger partial charge >= 0.3 is 18.3 Å². The third-order valence-electron chi connectivity index (χ3n) is 5.80. The Morgan fingerprint density at radius 1 is 1.03 bits per heavy atom. The molecular formula is C25H31N3O9S. The largest absolute Gasteiger partial charge is 0.514 e. The smallest absolute Gasteiger partial charge is 0.454 e. The number of hydrogen-bond donors (Lipinski definition) is 4. The van der Waals surface area contributed by atoms with Gasteiger partial charge in [0.05, 0.1) is 16.7 Å². The van der Waals surface area contributed by atoms with Crippen LogP contribution in [0.15, 0.2) is 53.4 Å². The maximum atomic E-state index is 13.0. The number of ether oxygens (including phenoxy) is 3. The van der Waals surface area contributed by atoms with Crippen LogP contribution < -0.4 is 25.4 Å². The van der Waals surface area contributed by atoms with Gasteiger partial charge in [0.1, 0.15) is 0 Å². The predicted molar refractivity (Wildman–Crippen MR) is 136 cm³/mol. The Labute approximate surface area is 220 Å². The number of carbonyl (C=O) groups is 3. The van der Waals surface area contributed by atoms with Crippen LogP contribution >= 0.6 is 0 Å². The van der Waals surface area contributed by atoms with Crippen LogP contribution in [0.25, 0.3) is 0 Å². The van der Waals surface area contributed by atoms with Crippen LogP contribution in [-0.2, 0) is 14.6 Å². The van der Waals surface area contributed by atoms with Gasteiger partial charge in [-0.3, -0.25) is 0 Å². The zero-order valence-electron chi connectivity index (χ0n) is 20.8. The molecule has 0 spiro atoms. The standard InChI is InChI=1S/C25H31N3O9S/c1-2-20(17-11-12-21-22(14-17)36-16-35-21)28-23(29)27-18(8-6-7-13-26-24(30)37-25(31)32)15-38(33,34)19-9-4-3-5-10-19/h3-5,9-12,14,18,20H,2,6-8,13,15-16H2,1H3,(H,26,30)(H,31,32)(H2,27,28,29)/t18-,20-/m0/s1. The van der Waals surface area contributed by atoms with Crippen LogP contribution in [0, 0.1) is 0 Å². The van der Waals surface area contributed by atoms with Gasteiger partial charge in [0, 0.05) is 12.6 Å². The highest BCUT2D eigenvalue weighted by atomic mass is 32.2. The lowest BCUT2D eigenvalue weighted by molar-refractivity contribution is 0.109. The Morgan fingerprint density at radius 3 is 2.47 bits per heavy atom. The van der Waals surface area contributed by atoms with Gasteiger partial charge in [-0.2, -0.15) is 0 Å². The summed E-state index contributed by atoms with van der Waals surface area (Å²) < 4.78 is 40.7. The Hall–Kier alpha value is -4.00. The van der Waals surface area contributed by atoms with E-state index in [1.165, 1.54) is 12.1 Å². The van der Waals surface area contributed by atoms with E-state index in [-0.39, 0.29) is 30.0 Å². The van der Waals surface area contributed by atoms with Crippen LogP contribution in [0.2, 0.25) is 0 Å². The summed E-state index contributed by atoms with van der Waals surface area (Å²) in [6, 6.07) is 11.8. The molecule has 0 fully saturated rings. The summed E-state index contributed by atoms with van der Waals surface area (Å²) in [4.78, 5) is 34.7. The van der Waals surface area contributed by atoms with Crippen molar-refractivity contribution >= 4 is 28.1 Å². The van der Waals surface area contributed by atoms with Crippen LogP contribution in [-0.4, -0.2) is 56.9 Å². The van der Waals surface area contributed by atoms with E-state index in [9.17, 15) is 22.8 Å². The molecule has 2 aromatic rings.